The number of rotatable bonds is 2. The SMILES string of the molecule is CCC(C)C(=O)ON(C(C)=O)C(C)=O. The molecule has 0 N–H and O–H groups in total. The molecule has 1 unspecified atom stereocenters. The quantitative estimate of drug-likeness (QED) is 0.622. The van der Waals surface area contributed by atoms with Crippen LogP contribution in [0.5, 0.6) is 0 Å². The number of hydrogen-bond acceptors (Lipinski definition) is 4. The number of hydroxylamine groups is 2. The fourth-order valence-corrected chi connectivity index (χ4v) is 0.697. The summed E-state index contributed by atoms with van der Waals surface area (Å²) in [5.74, 6) is -2.10. The molecular weight excluding hydrogens is 186 g/mol. The number of carbonyl (C=O) groups excluding carboxylic acids is 3. The van der Waals surface area contributed by atoms with Gasteiger partial charge in [0.15, 0.2) is 0 Å². The van der Waals surface area contributed by atoms with E-state index in [1.54, 1.807) is 6.92 Å². The predicted octanol–water partition coefficient (Wildman–Crippen LogP) is 0.886. The highest BCUT2D eigenvalue weighted by Crippen LogP contribution is 2.05. The van der Waals surface area contributed by atoms with Gasteiger partial charge in [0.1, 0.15) is 0 Å². The van der Waals surface area contributed by atoms with Gasteiger partial charge in [0.25, 0.3) is 11.8 Å². The second kappa shape index (κ2) is 5.36. The molecule has 0 radical (unpaired) electrons. The van der Waals surface area contributed by atoms with Gasteiger partial charge in [-0.05, 0) is 6.42 Å². The summed E-state index contributed by atoms with van der Waals surface area (Å²) in [6, 6.07) is 0. The fourth-order valence-electron chi connectivity index (χ4n) is 0.697. The normalized spacial score (nSPS) is 11.7. The van der Waals surface area contributed by atoms with Crippen molar-refractivity contribution in [3.63, 3.8) is 0 Å². The Hall–Kier alpha value is -1.39. The lowest BCUT2D eigenvalue weighted by Crippen LogP contribution is -2.37. The van der Waals surface area contributed by atoms with Crippen molar-refractivity contribution in [3.8, 4) is 0 Å². The summed E-state index contributed by atoms with van der Waals surface area (Å²) in [4.78, 5) is 37.6. The second-order valence-corrected chi connectivity index (χ2v) is 3.05. The lowest BCUT2D eigenvalue weighted by Gasteiger charge is -2.17. The van der Waals surface area contributed by atoms with Crippen LogP contribution in [0.1, 0.15) is 34.1 Å². The summed E-state index contributed by atoms with van der Waals surface area (Å²) >= 11 is 0. The molecule has 0 aliphatic carbocycles. The first-order chi connectivity index (χ1) is 6.40. The summed E-state index contributed by atoms with van der Waals surface area (Å²) in [7, 11) is 0. The minimum atomic E-state index is -0.603. The van der Waals surface area contributed by atoms with Gasteiger partial charge in [-0.25, -0.2) is 4.79 Å². The van der Waals surface area contributed by atoms with E-state index in [0.717, 1.165) is 13.8 Å². The first-order valence-electron chi connectivity index (χ1n) is 4.43. The Morgan fingerprint density at radius 1 is 1.21 bits per heavy atom. The molecule has 5 nitrogen and oxygen atoms in total. The molecule has 0 aliphatic heterocycles. The number of amides is 2. The third kappa shape index (κ3) is 3.55. The van der Waals surface area contributed by atoms with E-state index in [1.165, 1.54) is 0 Å². The molecule has 0 fully saturated rings. The first-order valence-corrected chi connectivity index (χ1v) is 4.43. The smallest absolute Gasteiger partial charge is 0.330 e. The zero-order chi connectivity index (χ0) is 11.3. The van der Waals surface area contributed by atoms with Gasteiger partial charge in [0, 0.05) is 13.8 Å². The summed E-state index contributed by atoms with van der Waals surface area (Å²) in [5.41, 5.74) is 0. The van der Waals surface area contributed by atoms with Crippen LogP contribution in [0.4, 0.5) is 0 Å². The number of carbonyl (C=O) groups is 3. The molecular formula is C9H15NO4. The molecule has 1 atom stereocenters. The van der Waals surface area contributed by atoms with Crippen molar-refractivity contribution in [2.75, 3.05) is 0 Å². The number of hydrogen-bond donors (Lipinski definition) is 0. The van der Waals surface area contributed by atoms with Crippen LogP contribution < -0.4 is 0 Å². The fraction of sp³-hybridized carbons (Fsp3) is 0.667. The van der Waals surface area contributed by atoms with Crippen molar-refractivity contribution in [2.24, 2.45) is 5.92 Å². The van der Waals surface area contributed by atoms with Crippen molar-refractivity contribution in [1.82, 2.24) is 5.06 Å². The van der Waals surface area contributed by atoms with Crippen LogP contribution >= 0.6 is 0 Å². The predicted molar refractivity (Wildman–Crippen MR) is 48.7 cm³/mol. The summed E-state index contributed by atoms with van der Waals surface area (Å²) in [6.45, 7) is 5.80. The van der Waals surface area contributed by atoms with Crippen LogP contribution in [-0.4, -0.2) is 22.8 Å². The van der Waals surface area contributed by atoms with E-state index >= 15 is 0 Å². The standard InChI is InChI=1S/C9H15NO4/c1-5-6(2)9(13)14-10(7(3)11)8(4)12/h6H,5H2,1-4H3. The molecule has 0 saturated carbocycles. The van der Waals surface area contributed by atoms with Crippen LogP contribution in [0.2, 0.25) is 0 Å². The zero-order valence-corrected chi connectivity index (χ0v) is 8.86. The summed E-state index contributed by atoms with van der Waals surface area (Å²) in [6.07, 6.45) is 0.600. The topological polar surface area (TPSA) is 63.7 Å². The zero-order valence-electron chi connectivity index (χ0n) is 8.86. The molecule has 0 aliphatic rings. The van der Waals surface area contributed by atoms with Crippen LogP contribution in [-0.2, 0) is 19.2 Å². The molecule has 5 heteroatoms. The van der Waals surface area contributed by atoms with E-state index in [2.05, 4.69) is 4.84 Å². The highest BCUT2D eigenvalue weighted by molar-refractivity contribution is 5.93. The minimum Gasteiger partial charge on any atom is -0.330 e. The average Bonchev–Trinajstić information content (AvgIpc) is 2.11. The number of nitrogens with zero attached hydrogens (tertiary/aromatic N) is 1. The van der Waals surface area contributed by atoms with Gasteiger partial charge in [-0.2, -0.15) is 0 Å². The maximum atomic E-state index is 11.2. The van der Waals surface area contributed by atoms with Crippen LogP contribution in [0.25, 0.3) is 0 Å². The molecule has 0 aromatic rings. The Balaban J connectivity index is 4.39. The Morgan fingerprint density at radius 2 is 1.64 bits per heavy atom. The van der Waals surface area contributed by atoms with Crippen molar-refractivity contribution in [1.29, 1.82) is 0 Å². The highest BCUT2D eigenvalue weighted by atomic mass is 16.7. The molecule has 0 aromatic carbocycles. The van der Waals surface area contributed by atoms with Gasteiger partial charge in [0.05, 0.1) is 5.92 Å². The monoisotopic (exact) mass is 201 g/mol. The van der Waals surface area contributed by atoms with E-state index < -0.39 is 17.8 Å². The molecule has 0 saturated heterocycles. The van der Waals surface area contributed by atoms with Gasteiger partial charge in [0.2, 0.25) is 0 Å². The summed E-state index contributed by atoms with van der Waals surface area (Å²) < 4.78 is 0. The van der Waals surface area contributed by atoms with Gasteiger partial charge in [-0.3, -0.25) is 9.59 Å². The Bertz CT molecular complexity index is 235. The molecule has 2 amide bonds. The van der Waals surface area contributed by atoms with E-state index in [-0.39, 0.29) is 5.92 Å². The van der Waals surface area contributed by atoms with Crippen LogP contribution in [0.3, 0.4) is 0 Å². The Kier molecular flexibility index (Phi) is 4.83. The minimum absolute atomic E-state index is 0.323. The Labute approximate surface area is 83.0 Å². The maximum Gasteiger partial charge on any atom is 0.335 e. The van der Waals surface area contributed by atoms with E-state index in [0.29, 0.717) is 11.5 Å². The van der Waals surface area contributed by atoms with Gasteiger partial charge in [-0.1, -0.05) is 13.8 Å². The third-order valence-corrected chi connectivity index (χ3v) is 1.77. The van der Waals surface area contributed by atoms with Gasteiger partial charge < -0.3 is 4.84 Å². The van der Waals surface area contributed by atoms with E-state index in [1.807, 2.05) is 6.92 Å². The van der Waals surface area contributed by atoms with E-state index in [4.69, 9.17) is 0 Å². The Morgan fingerprint density at radius 3 is 1.93 bits per heavy atom. The van der Waals surface area contributed by atoms with Gasteiger partial charge >= 0.3 is 5.97 Å². The molecule has 80 valence electrons. The lowest BCUT2D eigenvalue weighted by molar-refractivity contribution is -0.203. The van der Waals surface area contributed by atoms with Crippen molar-refractivity contribution in [3.05, 3.63) is 0 Å². The average molecular weight is 201 g/mol. The third-order valence-electron chi connectivity index (χ3n) is 1.77. The molecule has 0 heterocycles. The van der Waals surface area contributed by atoms with Gasteiger partial charge in [-0.15, -0.1) is 5.06 Å². The molecule has 0 aromatic heterocycles. The molecule has 14 heavy (non-hydrogen) atoms. The maximum absolute atomic E-state index is 11.2. The van der Waals surface area contributed by atoms with Crippen molar-refractivity contribution in [2.45, 2.75) is 34.1 Å². The summed E-state index contributed by atoms with van der Waals surface area (Å²) in [5, 5.41) is 0.467. The molecule has 0 rings (SSSR count). The molecule has 0 spiro atoms. The molecule has 0 bridgehead atoms. The van der Waals surface area contributed by atoms with Crippen LogP contribution in [0, 0.1) is 5.92 Å². The van der Waals surface area contributed by atoms with E-state index in [9.17, 15) is 14.4 Å². The first kappa shape index (κ1) is 12.6. The van der Waals surface area contributed by atoms with Crippen molar-refractivity contribution < 1.29 is 19.2 Å². The van der Waals surface area contributed by atoms with Crippen LogP contribution in [0.15, 0.2) is 0 Å². The van der Waals surface area contributed by atoms with Crippen molar-refractivity contribution >= 4 is 17.8 Å². The largest absolute Gasteiger partial charge is 0.335 e. The highest BCUT2D eigenvalue weighted by Gasteiger charge is 2.22. The lowest BCUT2D eigenvalue weighted by atomic mass is 10.1. The number of imide groups is 1. The second-order valence-electron chi connectivity index (χ2n) is 3.05.